The second-order valence-corrected chi connectivity index (χ2v) is 6.31. The van der Waals surface area contributed by atoms with Crippen molar-refractivity contribution >= 4 is 17.8 Å². The van der Waals surface area contributed by atoms with E-state index in [1.165, 1.54) is 4.90 Å². The number of amides is 2. The molecular formula is C14H19F3N2O4. The quantitative estimate of drug-likeness (QED) is 0.837. The fourth-order valence-corrected chi connectivity index (χ4v) is 3.18. The number of likely N-dealkylation sites (tertiary alicyclic amines) is 2. The molecule has 6 nitrogen and oxygen atoms in total. The van der Waals surface area contributed by atoms with Gasteiger partial charge in [-0.15, -0.1) is 0 Å². The van der Waals surface area contributed by atoms with Crippen LogP contribution in [0.15, 0.2) is 0 Å². The molecule has 2 aliphatic rings. The molecule has 3 unspecified atom stereocenters. The maximum absolute atomic E-state index is 12.5. The average Bonchev–Trinajstić information content (AvgIpc) is 2.77. The first-order valence-electron chi connectivity index (χ1n) is 7.46. The molecular weight excluding hydrogens is 317 g/mol. The summed E-state index contributed by atoms with van der Waals surface area (Å²) in [7, 11) is 0. The highest BCUT2D eigenvalue weighted by molar-refractivity contribution is 5.91. The van der Waals surface area contributed by atoms with Crippen molar-refractivity contribution in [3.63, 3.8) is 0 Å². The molecule has 0 aliphatic carbocycles. The second kappa shape index (κ2) is 6.37. The number of rotatable bonds is 3. The van der Waals surface area contributed by atoms with Gasteiger partial charge >= 0.3 is 12.1 Å². The molecule has 23 heavy (non-hydrogen) atoms. The van der Waals surface area contributed by atoms with Gasteiger partial charge in [-0.2, -0.15) is 13.2 Å². The summed E-state index contributed by atoms with van der Waals surface area (Å²) in [4.78, 5) is 37.3. The van der Waals surface area contributed by atoms with Crippen molar-refractivity contribution in [2.45, 2.75) is 38.4 Å². The normalized spacial score (nSPS) is 29.0. The molecule has 1 N–H and O–H groups in total. The highest BCUT2D eigenvalue weighted by Crippen LogP contribution is 2.29. The number of hydrogen-bond acceptors (Lipinski definition) is 3. The van der Waals surface area contributed by atoms with Crippen LogP contribution in [0.4, 0.5) is 13.2 Å². The zero-order valence-electron chi connectivity index (χ0n) is 12.7. The Kier molecular flexibility index (Phi) is 4.86. The van der Waals surface area contributed by atoms with Gasteiger partial charge in [-0.1, -0.05) is 6.92 Å². The van der Waals surface area contributed by atoms with E-state index in [4.69, 9.17) is 0 Å². The fourth-order valence-electron chi connectivity index (χ4n) is 3.18. The summed E-state index contributed by atoms with van der Waals surface area (Å²) in [5.74, 6) is -3.13. The van der Waals surface area contributed by atoms with Gasteiger partial charge in [0.2, 0.25) is 11.8 Å². The van der Waals surface area contributed by atoms with E-state index < -0.39 is 42.5 Å². The number of nitrogens with zero attached hydrogens (tertiary/aromatic N) is 2. The topological polar surface area (TPSA) is 77.9 Å². The van der Waals surface area contributed by atoms with Crippen LogP contribution in [0.3, 0.4) is 0 Å². The van der Waals surface area contributed by atoms with Crippen molar-refractivity contribution in [1.82, 2.24) is 9.80 Å². The van der Waals surface area contributed by atoms with Crippen LogP contribution in [-0.2, 0) is 14.4 Å². The van der Waals surface area contributed by atoms with Crippen molar-refractivity contribution in [1.29, 1.82) is 0 Å². The molecule has 2 amide bonds. The van der Waals surface area contributed by atoms with Gasteiger partial charge in [-0.3, -0.25) is 9.59 Å². The van der Waals surface area contributed by atoms with Crippen LogP contribution in [0.25, 0.3) is 0 Å². The lowest BCUT2D eigenvalue weighted by atomic mass is 9.91. The minimum absolute atomic E-state index is 0.159. The third-order valence-electron chi connectivity index (χ3n) is 4.37. The van der Waals surface area contributed by atoms with Gasteiger partial charge < -0.3 is 14.9 Å². The van der Waals surface area contributed by atoms with Crippen LogP contribution in [-0.4, -0.2) is 64.5 Å². The van der Waals surface area contributed by atoms with E-state index in [9.17, 15) is 32.7 Å². The molecule has 0 bridgehead atoms. The Morgan fingerprint density at radius 1 is 1.35 bits per heavy atom. The lowest BCUT2D eigenvalue weighted by Gasteiger charge is -2.37. The van der Waals surface area contributed by atoms with Crippen LogP contribution in [0.1, 0.15) is 26.2 Å². The van der Waals surface area contributed by atoms with Crippen molar-refractivity contribution in [2.24, 2.45) is 11.8 Å². The van der Waals surface area contributed by atoms with Crippen molar-refractivity contribution in [3.8, 4) is 0 Å². The average molecular weight is 336 g/mol. The number of aliphatic carboxylic acids is 1. The zero-order valence-corrected chi connectivity index (χ0v) is 12.7. The molecule has 0 aromatic carbocycles. The lowest BCUT2D eigenvalue weighted by Crippen LogP contribution is -2.52. The van der Waals surface area contributed by atoms with Gasteiger partial charge in [0.25, 0.3) is 0 Å². The highest BCUT2D eigenvalue weighted by atomic mass is 19.4. The van der Waals surface area contributed by atoms with Gasteiger partial charge in [-0.25, -0.2) is 4.79 Å². The SMILES string of the molecule is CC1CCN(C(=O)C2CC(=O)N(CC(F)(F)F)C2)C(C(=O)O)C1. The standard InChI is InChI=1S/C14H19F3N2O4/c1-8-2-3-19(10(4-8)13(22)23)12(21)9-5-11(20)18(6-9)7-14(15,16)17/h8-10H,2-7H2,1H3,(H,22,23). The van der Waals surface area contributed by atoms with Gasteiger partial charge in [0, 0.05) is 19.5 Å². The molecule has 130 valence electrons. The van der Waals surface area contributed by atoms with Crippen molar-refractivity contribution in [2.75, 3.05) is 19.6 Å². The molecule has 2 fully saturated rings. The minimum atomic E-state index is -4.52. The first kappa shape index (κ1) is 17.6. The van der Waals surface area contributed by atoms with Gasteiger partial charge in [0.15, 0.2) is 0 Å². The maximum Gasteiger partial charge on any atom is 0.406 e. The van der Waals surface area contributed by atoms with E-state index in [2.05, 4.69) is 0 Å². The Hall–Kier alpha value is -1.80. The van der Waals surface area contributed by atoms with Crippen LogP contribution < -0.4 is 0 Å². The smallest absolute Gasteiger partial charge is 0.406 e. The molecule has 3 atom stereocenters. The van der Waals surface area contributed by atoms with E-state index in [0.29, 0.717) is 17.7 Å². The van der Waals surface area contributed by atoms with Crippen LogP contribution in [0, 0.1) is 11.8 Å². The Morgan fingerprint density at radius 2 is 2.00 bits per heavy atom. The second-order valence-electron chi connectivity index (χ2n) is 6.31. The molecule has 2 rings (SSSR count). The minimum Gasteiger partial charge on any atom is -0.480 e. The van der Waals surface area contributed by atoms with Crippen LogP contribution >= 0.6 is 0 Å². The number of carbonyl (C=O) groups is 3. The summed E-state index contributed by atoms with van der Waals surface area (Å²) in [6.45, 7) is 0.452. The summed E-state index contributed by atoms with van der Waals surface area (Å²) < 4.78 is 37.2. The molecule has 0 radical (unpaired) electrons. The molecule has 0 saturated carbocycles. The number of alkyl halides is 3. The Morgan fingerprint density at radius 3 is 2.57 bits per heavy atom. The van der Waals surface area contributed by atoms with E-state index in [1.807, 2.05) is 6.92 Å². The molecule has 0 aromatic heterocycles. The van der Waals surface area contributed by atoms with E-state index in [1.54, 1.807) is 0 Å². The van der Waals surface area contributed by atoms with Crippen LogP contribution in [0.2, 0.25) is 0 Å². The van der Waals surface area contributed by atoms with E-state index in [0.717, 1.165) is 0 Å². The monoisotopic (exact) mass is 336 g/mol. The summed E-state index contributed by atoms with van der Waals surface area (Å²) >= 11 is 0. The molecule has 0 spiro atoms. The number of piperidine rings is 1. The predicted octanol–water partition coefficient (Wildman–Crippen LogP) is 1.11. The third kappa shape index (κ3) is 4.14. The van der Waals surface area contributed by atoms with Crippen molar-refractivity contribution in [3.05, 3.63) is 0 Å². The summed E-state index contributed by atoms with van der Waals surface area (Å²) in [5, 5.41) is 9.25. The predicted molar refractivity (Wildman–Crippen MR) is 72.3 cm³/mol. The van der Waals surface area contributed by atoms with Crippen molar-refractivity contribution < 1.29 is 32.7 Å². The molecule has 2 aliphatic heterocycles. The Bertz CT molecular complexity index is 509. The van der Waals surface area contributed by atoms with Crippen LogP contribution in [0.5, 0.6) is 0 Å². The lowest BCUT2D eigenvalue weighted by molar-refractivity contribution is -0.158. The first-order valence-corrected chi connectivity index (χ1v) is 7.46. The fraction of sp³-hybridized carbons (Fsp3) is 0.786. The van der Waals surface area contributed by atoms with E-state index >= 15 is 0 Å². The molecule has 2 heterocycles. The Balaban J connectivity index is 2.05. The summed E-state index contributed by atoms with van der Waals surface area (Å²) in [6.07, 6.45) is -3.86. The Labute approximate surface area is 131 Å². The largest absolute Gasteiger partial charge is 0.480 e. The number of hydrogen-bond donors (Lipinski definition) is 1. The third-order valence-corrected chi connectivity index (χ3v) is 4.37. The van der Waals surface area contributed by atoms with E-state index in [-0.39, 0.29) is 25.4 Å². The summed E-state index contributed by atoms with van der Waals surface area (Å²) in [6, 6.07) is -0.974. The number of carbonyl (C=O) groups excluding carboxylic acids is 2. The summed E-state index contributed by atoms with van der Waals surface area (Å²) in [5.41, 5.74) is 0. The molecule has 9 heteroatoms. The maximum atomic E-state index is 12.5. The molecule has 0 aromatic rings. The molecule has 2 saturated heterocycles. The first-order chi connectivity index (χ1) is 10.6. The van der Waals surface area contributed by atoms with Gasteiger partial charge in [0.1, 0.15) is 12.6 Å². The zero-order chi connectivity index (χ0) is 17.4. The number of carboxylic acids is 1. The highest BCUT2D eigenvalue weighted by Gasteiger charge is 2.44. The van der Waals surface area contributed by atoms with Gasteiger partial charge in [-0.05, 0) is 18.8 Å². The van der Waals surface area contributed by atoms with Gasteiger partial charge in [0.05, 0.1) is 5.92 Å². The number of carboxylic acid groups (broad SMARTS) is 1. The number of halogens is 3.